The summed E-state index contributed by atoms with van der Waals surface area (Å²) in [5.41, 5.74) is 0. The number of carboxylic acid groups (broad SMARTS) is 1. The minimum absolute atomic E-state index is 0. The number of carbonyl (C=O) groups excluding carboxylic acids is 1. The molecule has 0 unspecified atom stereocenters. The second-order valence-electron chi connectivity index (χ2n) is 4.90. The van der Waals surface area contributed by atoms with E-state index in [0.29, 0.717) is 6.54 Å². The Morgan fingerprint density at radius 2 is 1.44 bits per heavy atom. The predicted octanol–water partition coefficient (Wildman–Crippen LogP) is -0.797. The number of aliphatic carboxylic acids is 1. The van der Waals surface area contributed by atoms with Crippen molar-refractivity contribution >= 4 is 5.97 Å². The van der Waals surface area contributed by atoms with Crippen molar-refractivity contribution in [2.24, 2.45) is 0 Å². The first-order valence-corrected chi connectivity index (χ1v) is 7.05. The van der Waals surface area contributed by atoms with Gasteiger partial charge in [-0.2, -0.15) is 0 Å². The van der Waals surface area contributed by atoms with Gasteiger partial charge in [0.25, 0.3) is 0 Å². The molecule has 0 radical (unpaired) electrons. The average Bonchev–Trinajstić information content (AvgIpc) is 2.30. The van der Waals surface area contributed by atoms with Crippen molar-refractivity contribution in [3.63, 3.8) is 0 Å². The van der Waals surface area contributed by atoms with Crippen molar-refractivity contribution in [2.75, 3.05) is 20.1 Å². The smallest absolute Gasteiger partial charge is 0.550 e. The van der Waals surface area contributed by atoms with E-state index < -0.39 is 5.97 Å². The molecule has 0 saturated heterocycles. The standard InChI is InChI=1S/C14H29NO2.Na/c1-3-4-5-6-7-8-9-10-12-15(2)13-11-14(16)17;/h3-13H2,1-2H3,(H,16,17);/q;+1/p-1. The fourth-order valence-electron chi connectivity index (χ4n) is 1.91. The normalized spacial score (nSPS) is 10.4. The molecule has 0 aromatic carbocycles. The Balaban J connectivity index is 0. The molecule has 18 heavy (non-hydrogen) atoms. The van der Waals surface area contributed by atoms with Gasteiger partial charge in [0.05, 0.1) is 0 Å². The van der Waals surface area contributed by atoms with Gasteiger partial charge in [-0.3, -0.25) is 0 Å². The molecule has 4 heteroatoms. The first kappa shape index (κ1) is 20.7. The van der Waals surface area contributed by atoms with Crippen molar-refractivity contribution in [3.05, 3.63) is 0 Å². The van der Waals surface area contributed by atoms with Gasteiger partial charge in [0.15, 0.2) is 0 Å². The van der Waals surface area contributed by atoms with Gasteiger partial charge in [0, 0.05) is 12.5 Å². The number of hydrogen-bond acceptors (Lipinski definition) is 3. The fraction of sp³-hybridized carbons (Fsp3) is 0.929. The van der Waals surface area contributed by atoms with Crippen LogP contribution in [0.2, 0.25) is 0 Å². The third-order valence-corrected chi connectivity index (χ3v) is 3.09. The van der Waals surface area contributed by atoms with Crippen LogP contribution in [0.25, 0.3) is 0 Å². The molecule has 0 aromatic heterocycles. The van der Waals surface area contributed by atoms with Gasteiger partial charge >= 0.3 is 29.6 Å². The molecule has 0 aliphatic rings. The summed E-state index contributed by atoms with van der Waals surface area (Å²) in [5, 5.41) is 10.3. The van der Waals surface area contributed by atoms with Gasteiger partial charge < -0.3 is 14.8 Å². The molecular weight excluding hydrogens is 237 g/mol. The Morgan fingerprint density at radius 1 is 0.944 bits per heavy atom. The van der Waals surface area contributed by atoms with Crippen LogP contribution in [0.3, 0.4) is 0 Å². The van der Waals surface area contributed by atoms with Crippen LogP contribution in [0.1, 0.15) is 64.7 Å². The molecule has 0 fully saturated rings. The molecule has 0 bridgehead atoms. The molecule has 0 atom stereocenters. The van der Waals surface area contributed by atoms with Crippen LogP contribution in [0, 0.1) is 0 Å². The van der Waals surface area contributed by atoms with Crippen molar-refractivity contribution in [2.45, 2.75) is 64.7 Å². The zero-order valence-corrected chi connectivity index (χ0v) is 14.5. The van der Waals surface area contributed by atoms with E-state index in [2.05, 4.69) is 11.8 Å². The minimum Gasteiger partial charge on any atom is -0.550 e. The van der Waals surface area contributed by atoms with Crippen LogP contribution in [-0.2, 0) is 4.79 Å². The van der Waals surface area contributed by atoms with Gasteiger partial charge in [-0.05, 0) is 26.4 Å². The minimum atomic E-state index is -0.951. The van der Waals surface area contributed by atoms with E-state index in [1.165, 1.54) is 51.4 Å². The van der Waals surface area contributed by atoms with E-state index in [0.717, 1.165) is 6.54 Å². The SMILES string of the molecule is CCCCCCCCCCN(C)CCC(=O)[O-].[Na+]. The average molecular weight is 265 g/mol. The van der Waals surface area contributed by atoms with Gasteiger partial charge in [-0.1, -0.05) is 51.9 Å². The number of unbranched alkanes of at least 4 members (excludes halogenated alkanes) is 7. The van der Waals surface area contributed by atoms with Crippen LogP contribution in [0.5, 0.6) is 0 Å². The number of carbonyl (C=O) groups is 1. The van der Waals surface area contributed by atoms with Gasteiger partial charge in [-0.15, -0.1) is 0 Å². The number of rotatable bonds is 12. The van der Waals surface area contributed by atoms with E-state index in [1.807, 2.05) is 7.05 Å². The van der Waals surface area contributed by atoms with Crippen LogP contribution in [0.4, 0.5) is 0 Å². The zero-order chi connectivity index (χ0) is 12.9. The molecule has 0 aliphatic heterocycles. The van der Waals surface area contributed by atoms with Gasteiger partial charge in [0.2, 0.25) is 0 Å². The summed E-state index contributed by atoms with van der Waals surface area (Å²) in [5.74, 6) is -0.951. The molecule has 0 heterocycles. The second kappa shape index (κ2) is 15.5. The van der Waals surface area contributed by atoms with Crippen LogP contribution in [0.15, 0.2) is 0 Å². The van der Waals surface area contributed by atoms with E-state index in [-0.39, 0.29) is 36.0 Å². The summed E-state index contributed by atoms with van der Waals surface area (Å²) < 4.78 is 0. The monoisotopic (exact) mass is 265 g/mol. The first-order chi connectivity index (χ1) is 8.16. The van der Waals surface area contributed by atoms with Crippen LogP contribution in [-0.4, -0.2) is 31.0 Å². The van der Waals surface area contributed by atoms with Crippen molar-refractivity contribution in [1.29, 1.82) is 0 Å². The Bertz CT molecular complexity index is 189. The van der Waals surface area contributed by atoms with Crippen molar-refractivity contribution < 1.29 is 39.5 Å². The maximum atomic E-state index is 10.3. The molecule has 102 valence electrons. The molecule has 3 nitrogen and oxygen atoms in total. The van der Waals surface area contributed by atoms with E-state index >= 15 is 0 Å². The van der Waals surface area contributed by atoms with Crippen molar-refractivity contribution in [3.8, 4) is 0 Å². The summed E-state index contributed by atoms with van der Waals surface area (Å²) in [4.78, 5) is 12.3. The second-order valence-corrected chi connectivity index (χ2v) is 4.90. The molecule has 0 amide bonds. The van der Waals surface area contributed by atoms with E-state index in [9.17, 15) is 9.90 Å². The number of hydrogen-bond donors (Lipinski definition) is 0. The Labute approximate surface area is 135 Å². The number of carboxylic acids is 1. The summed E-state index contributed by atoms with van der Waals surface area (Å²) in [6.45, 7) is 3.85. The fourth-order valence-corrected chi connectivity index (χ4v) is 1.91. The third-order valence-electron chi connectivity index (χ3n) is 3.09. The van der Waals surface area contributed by atoms with Gasteiger partial charge in [-0.25, -0.2) is 0 Å². The zero-order valence-electron chi connectivity index (χ0n) is 12.5. The quantitative estimate of drug-likeness (QED) is 0.343. The van der Waals surface area contributed by atoms with Crippen molar-refractivity contribution in [1.82, 2.24) is 4.90 Å². The molecular formula is C14H28NNaO2. The van der Waals surface area contributed by atoms with E-state index in [1.54, 1.807) is 0 Å². The largest absolute Gasteiger partial charge is 1.00 e. The van der Waals surface area contributed by atoms with Crippen LogP contribution >= 0.6 is 0 Å². The van der Waals surface area contributed by atoms with E-state index in [4.69, 9.17) is 0 Å². The molecule has 0 aliphatic carbocycles. The molecule has 0 rings (SSSR count). The molecule has 0 N–H and O–H groups in total. The Hall–Kier alpha value is 0.430. The summed E-state index contributed by atoms with van der Waals surface area (Å²) in [6, 6.07) is 0. The number of nitrogens with zero attached hydrogens (tertiary/aromatic N) is 1. The Kier molecular flexibility index (Phi) is 17.8. The Morgan fingerprint density at radius 3 is 1.94 bits per heavy atom. The summed E-state index contributed by atoms with van der Waals surface area (Å²) >= 11 is 0. The maximum Gasteiger partial charge on any atom is 1.00 e. The molecule has 0 saturated carbocycles. The topological polar surface area (TPSA) is 43.4 Å². The summed E-state index contributed by atoms with van der Waals surface area (Å²) in [7, 11) is 1.98. The van der Waals surface area contributed by atoms with Crippen LogP contribution < -0.4 is 34.7 Å². The first-order valence-electron chi connectivity index (χ1n) is 7.05. The maximum absolute atomic E-state index is 10.3. The summed E-state index contributed by atoms with van der Waals surface area (Å²) in [6.07, 6.45) is 10.7. The molecule has 0 spiro atoms. The molecule has 0 aromatic rings. The third kappa shape index (κ3) is 16.4. The van der Waals surface area contributed by atoms with Gasteiger partial charge in [0.1, 0.15) is 0 Å². The predicted molar refractivity (Wildman–Crippen MR) is 69.7 cm³/mol.